The molecule has 1 heterocycles. The van der Waals surface area contributed by atoms with E-state index < -0.39 is 12.6 Å². The molecule has 0 unspecified atom stereocenters. The Morgan fingerprint density at radius 3 is 2.44 bits per heavy atom. The van der Waals surface area contributed by atoms with Gasteiger partial charge in [-0.2, -0.15) is 0 Å². The van der Waals surface area contributed by atoms with Gasteiger partial charge in [-0.3, -0.25) is 4.79 Å². The fourth-order valence-electron chi connectivity index (χ4n) is 2.46. The number of carbonyl (C=O) groups is 2. The first-order valence-electron chi connectivity index (χ1n) is 7.67. The van der Waals surface area contributed by atoms with Gasteiger partial charge in [-0.05, 0) is 23.8 Å². The number of hydrogen-bond acceptors (Lipinski definition) is 5. The molecule has 0 aliphatic rings. The van der Waals surface area contributed by atoms with E-state index >= 15 is 0 Å². The van der Waals surface area contributed by atoms with Crippen LogP contribution in [0.25, 0.3) is 11.1 Å². The fraction of sp³-hybridized carbons (Fsp3) is 0.100. The van der Waals surface area contributed by atoms with Crippen molar-refractivity contribution in [2.45, 2.75) is 0 Å². The minimum Gasteiger partial charge on any atom is -0.496 e. The number of carbonyl (C=O) groups excluding carboxylic acids is 2. The molecule has 0 aliphatic carbocycles. The van der Waals surface area contributed by atoms with E-state index in [0.29, 0.717) is 16.9 Å². The predicted octanol–water partition coefficient (Wildman–Crippen LogP) is 3.99. The number of ether oxygens (including phenoxy) is 2. The van der Waals surface area contributed by atoms with Crippen LogP contribution >= 0.6 is 0 Å². The van der Waals surface area contributed by atoms with Crippen molar-refractivity contribution in [3.63, 3.8) is 0 Å². The van der Waals surface area contributed by atoms with Gasteiger partial charge in [-0.25, -0.2) is 4.79 Å². The van der Waals surface area contributed by atoms with Gasteiger partial charge in [0.2, 0.25) is 11.5 Å². The highest BCUT2D eigenvalue weighted by atomic mass is 16.5. The van der Waals surface area contributed by atoms with Gasteiger partial charge >= 0.3 is 5.97 Å². The van der Waals surface area contributed by atoms with Crippen molar-refractivity contribution in [2.75, 3.05) is 13.7 Å². The molecular formula is C20H16O5. The fourth-order valence-corrected chi connectivity index (χ4v) is 2.46. The lowest BCUT2D eigenvalue weighted by molar-refractivity contribution is 0.0444. The van der Waals surface area contributed by atoms with Gasteiger partial charge in [0.05, 0.1) is 18.9 Å². The summed E-state index contributed by atoms with van der Waals surface area (Å²) in [5.74, 6) is -0.531. The number of esters is 1. The normalized spacial score (nSPS) is 10.3. The second kappa shape index (κ2) is 7.49. The van der Waals surface area contributed by atoms with E-state index in [1.54, 1.807) is 30.3 Å². The molecule has 0 radical (unpaired) electrons. The van der Waals surface area contributed by atoms with Gasteiger partial charge in [-0.15, -0.1) is 0 Å². The first kappa shape index (κ1) is 16.5. The third kappa shape index (κ3) is 3.61. The van der Waals surface area contributed by atoms with Crippen LogP contribution in [-0.2, 0) is 4.74 Å². The van der Waals surface area contributed by atoms with Crippen LogP contribution in [0.2, 0.25) is 0 Å². The summed E-state index contributed by atoms with van der Waals surface area (Å²) in [5, 5.41) is 0. The lowest BCUT2D eigenvalue weighted by atomic mass is 10.1. The molecule has 3 aromatic rings. The van der Waals surface area contributed by atoms with E-state index in [4.69, 9.17) is 13.9 Å². The molecule has 0 saturated heterocycles. The maximum Gasteiger partial charge on any atom is 0.375 e. The Hall–Kier alpha value is -3.34. The van der Waals surface area contributed by atoms with Crippen molar-refractivity contribution in [3.05, 3.63) is 78.3 Å². The standard InChI is InChI=1S/C20H16O5/c1-23-18-10-6-5-9-16(18)17(21)13-25-20(22)19-15(11-12-24-19)14-7-3-2-4-8-14/h2-12H,13H2,1H3. The van der Waals surface area contributed by atoms with Crippen LogP contribution in [-0.4, -0.2) is 25.5 Å². The number of methoxy groups -OCH3 is 1. The lowest BCUT2D eigenvalue weighted by Crippen LogP contribution is -2.15. The summed E-state index contributed by atoms with van der Waals surface area (Å²) in [6, 6.07) is 17.8. The van der Waals surface area contributed by atoms with Crippen LogP contribution < -0.4 is 4.74 Å². The monoisotopic (exact) mass is 336 g/mol. The summed E-state index contributed by atoms with van der Waals surface area (Å²) in [6.07, 6.45) is 1.42. The summed E-state index contributed by atoms with van der Waals surface area (Å²) in [7, 11) is 1.48. The third-order valence-electron chi connectivity index (χ3n) is 3.68. The van der Waals surface area contributed by atoms with Gasteiger partial charge < -0.3 is 13.9 Å². The molecule has 0 aliphatic heterocycles. The zero-order valence-electron chi connectivity index (χ0n) is 13.6. The van der Waals surface area contributed by atoms with Crippen molar-refractivity contribution in [1.29, 1.82) is 0 Å². The van der Waals surface area contributed by atoms with Gasteiger partial charge in [0, 0.05) is 5.56 Å². The van der Waals surface area contributed by atoms with E-state index in [2.05, 4.69) is 0 Å². The van der Waals surface area contributed by atoms with Crippen molar-refractivity contribution in [2.24, 2.45) is 0 Å². The number of Topliss-reactive ketones (excluding diaryl/α,β-unsaturated/α-hetero) is 1. The number of hydrogen-bond donors (Lipinski definition) is 0. The van der Waals surface area contributed by atoms with E-state index in [9.17, 15) is 9.59 Å². The Labute approximate surface area is 144 Å². The predicted molar refractivity (Wildman–Crippen MR) is 91.8 cm³/mol. The highest BCUT2D eigenvalue weighted by molar-refractivity contribution is 6.02. The van der Waals surface area contributed by atoms with Gasteiger partial charge in [0.25, 0.3) is 0 Å². The van der Waals surface area contributed by atoms with Crippen molar-refractivity contribution in [1.82, 2.24) is 0 Å². The Morgan fingerprint density at radius 1 is 0.960 bits per heavy atom. The van der Waals surface area contributed by atoms with Gasteiger partial charge in [0.15, 0.2) is 6.61 Å². The molecule has 1 aromatic heterocycles. The van der Waals surface area contributed by atoms with E-state index in [0.717, 1.165) is 5.56 Å². The average molecular weight is 336 g/mol. The third-order valence-corrected chi connectivity index (χ3v) is 3.68. The molecule has 3 rings (SSSR count). The van der Waals surface area contributed by atoms with Crippen LogP contribution in [0.4, 0.5) is 0 Å². The Morgan fingerprint density at radius 2 is 1.68 bits per heavy atom. The quantitative estimate of drug-likeness (QED) is 0.503. The second-order valence-electron chi connectivity index (χ2n) is 5.23. The zero-order chi connectivity index (χ0) is 17.6. The van der Waals surface area contributed by atoms with Gasteiger partial charge in [-0.1, -0.05) is 42.5 Å². The first-order valence-corrected chi connectivity index (χ1v) is 7.67. The van der Waals surface area contributed by atoms with E-state index in [-0.39, 0.29) is 11.5 Å². The number of para-hydroxylation sites is 1. The zero-order valence-corrected chi connectivity index (χ0v) is 13.6. The summed E-state index contributed by atoms with van der Waals surface area (Å²) in [4.78, 5) is 24.6. The molecular weight excluding hydrogens is 320 g/mol. The largest absolute Gasteiger partial charge is 0.496 e. The van der Waals surface area contributed by atoms with Gasteiger partial charge in [0.1, 0.15) is 5.75 Å². The number of benzene rings is 2. The average Bonchev–Trinajstić information content (AvgIpc) is 3.16. The van der Waals surface area contributed by atoms with Crippen LogP contribution in [0.1, 0.15) is 20.9 Å². The molecule has 5 heteroatoms. The smallest absolute Gasteiger partial charge is 0.375 e. The van der Waals surface area contributed by atoms with Crippen LogP contribution in [0.15, 0.2) is 71.3 Å². The molecule has 0 fully saturated rings. The molecule has 0 saturated carbocycles. The van der Waals surface area contributed by atoms with Crippen LogP contribution in [0.3, 0.4) is 0 Å². The van der Waals surface area contributed by atoms with Crippen molar-refractivity contribution in [3.8, 4) is 16.9 Å². The topological polar surface area (TPSA) is 65.7 Å². The highest BCUT2D eigenvalue weighted by Gasteiger charge is 2.20. The first-order chi connectivity index (χ1) is 12.2. The molecule has 0 amide bonds. The molecule has 0 bridgehead atoms. The van der Waals surface area contributed by atoms with Crippen LogP contribution in [0, 0.1) is 0 Å². The molecule has 126 valence electrons. The summed E-state index contributed by atoms with van der Waals surface area (Å²) in [6.45, 7) is -0.395. The Kier molecular flexibility index (Phi) is 4.95. The minimum atomic E-state index is -0.688. The molecule has 25 heavy (non-hydrogen) atoms. The molecule has 0 spiro atoms. The number of rotatable bonds is 6. The molecule has 2 aromatic carbocycles. The molecule has 5 nitrogen and oxygen atoms in total. The maximum atomic E-state index is 12.3. The lowest BCUT2D eigenvalue weighted by Gasteiger charge is -2.08. The summed E-state index contributed by atoms with van der Waals surface area (Å²) >= 11 is 0. The second-order valence-corrected chi connectivity index (χ2v) is 5.23. The SMILES string of the molecule is COc1ccccc1C(=O)COC(=O)c1occc1-c1ccccc1. The maximum absolute atomic E-state index is 12.3. The Balaban J connectivity index is 1.72. The number of furan rings is 1. The summed E-state index contributed by atoms with van der Waals surface area (Å²) < 4.78 is 15.5. The summed E-state index contributed by atoms with van der Waals surface area (Å²) in [5.41, 5.74) is 1.81. The van der Waals surface area contributed by atoms with Crippen molar-refractivity contribution < 1.29 is 23.5 Å². The number of ketones is 1. The molecule has 0 N–H and O–H groups in total. The van der Waals surface area contributed by atoms with Crippen LogP contribution in [0.5, 0.6) is 5.75 Å². The highest BCUT2D eigenvalue weighted by Crippen LogP contribution is 2.25. The van der Waals surface area contributed by atoms with Crippen molar-refractivity contribution >= 4 is 11.8 Å². The molecule has 0 atom stereocenters. The minimum absolute atomic E-state index is 0.0685. The van der Waals surface area contributed by atoms with E-state index in [1.165, 1.54) is 13.4 Å². The Bertz CT molecular complexity index is 880. The van der Waals surface area contributed by atoms with E-state index in [1.807, 2.05) is 30.3 Å².